The van der Waals surface area contributed by atoms with Crippen molar-refractivity contribution in [1.29, 1.82) is 0 Å². The minimum Gasteiger partial charge on any atom is -0.344 e. The third-order valence-electron chi connectivity index (χ3n) is 7.65. The van der Waals surface area contributed by atoms with Crippen LogP contribution in [-0.2, 0) is 28.5 Å². The lowest BCUT2D eigenvalue weighted by molar-refractivity contribution is -0.131. The molecule has 3 N–H and O–H groups in total. The van der Waals surface area contributed by atoms with Gasteiger partial charge in [-0.3, -0.25) is 14.4 Å². The largest absolute Gasteiger partial charge is 0.344 e. The molecule has 0 saturated heterocycles. The van der Waals surface area contributed by atoms with Crippen LogP contribution in [-0.4, -0.2) is 56.9 Å². The van der Waals surface area contributed by atoms with E-state index in [1.807, 2.05) is 16.8 Å². The van der Waals surface area contributed by atoms with Crippen molar-refractivity contribution in [2.45, 2.75) is 55.8 Å². The van der Waals surface area contributed by atoms with Crippen LogP contribution in [0, 0.1) is 0 Å². The highest BCUT2D eigenvalue weighted by atomic mass is 32.1. The molecule has 0 aromatic carbocycles. The van der Waals surface area contributed by atoms with Gasteiger partial charge in [0.15, 0.2) is 11.6 Å². The van der Waals surface area contributed by atoms with E-state index in [2.05, 4.69) is 43.5 Å². The molecule has 4 aromatic heterocycles. The molecule has 224 valence electrons. The summed E-state index contributed by atoms with van der Waals surface area (Å²) in [5.74, 6) is -0.637. The van der Waals surface area contributed by atoms with Gasteiger partial charge in [-0.2, -0.15) is 8.78 Å². The fraction of sp³-hybridized carbons (Fsp3) is 0.367. The molecule has 0 aliphatic heterocycles. The summed E-state index contributed by atoms with van der Waals surface area (Å²) in [7, 11) is 0. The van der Waals surface area contributed by atoms with E-state index in [4.69, 9.17) is 5.73 Å². The standard InChI is InChI=1S/C16H15F2N3O2S.C14H15N3OS/c17-14(18)15(23)21-9-11(22)10-7-19-13(20-8-10)6-16(3-4-16)12-2-1-5-24-12;15-7-11(18)10-8-16-13(17-9-10)6-14(3-4-14)12-2-1-5-19-12/h1-2,5,7-8,14H,3-4,6,9H2,(H,21,23);1-2,5,8-9H,3-4,6-7,15H2. The molecule has 6 rings (SSSR count). The zero-order chi connectivity index (χ0) is 30.5. The summed E-state index contributed by atoms with van der Waals surface area (Å²) in [5, 5.41) is 6.03. The van der Waals surface area contributed by atoms with Crippen LogP contribution in [0.2, 0.25) is 0 Å². The van der Waals surface area contributed by atoms with E-state index in [0.717, 1.165) is 25.1 Å². The number of ketones is 2. The van der Waals surface area contributed by atoms with Gasteiger partial charge >= 0.3 is 6.43 Å². The number of aromatic nitrogens is 4. The zero-order valence-corrected chi connectivity index (χ0v) is 24.8. The second kappa shape index (κ2) is 13.2. The van der Waals surface area contributed by atoms with E-state index in [1.165, 1.54) is 35.0 Å². The molecular weight excluding hydrogens is 594 g/mol. The van der Waals surface area contributed by atoms with Crippen molar-refractivity contribution < 1.29 is 23.2 Å². The van der Waals surface area contributed by atoms with Crippen molar-refractivity contribution in [3.63, 3.8) is 0 Å². The summed E-state index contributed by atoms with van der Waals surface area (Å²) in [6, 6.07) is 8.41. The number of rotatable bonds is 12. The first-order chi connectivity index (χ1) is 20.7. The van der Waals surface area contributed by atoms with E-state index >= 15 is 0 Å². The Balaban J connectivity index is 0.000000176. The van der Waals surface area contributed by atoms with Crippen molar-refractivity contribution in [3.05, 3.63) is 92.3 Å². The van der Waals surface area contributed by atoms with E-state index in [0.29, 0.717) is 17.8 Å². The van der Waals surface area contributed by atoms with Crippen LogP contribution < -0.4 is 11.1 Å². The van der Waals surface area contributed by atoms with Crippen LogP contribution >= 0.6 is 22.7 Å². The summed E-state index contributed by atoms with van der Waals surface area (Å²) in [6.07, 6.45) is 8.94. The molecular formula is C30H30F2N6O3S2. The van der Waals surface area contributed by atoms with Crippen LogP contribution in [0.4, 0.5) is 8.78 Å². The zero-order valence-electron chi connectivity index (χ0n) is 23.2. The lowest BCUT2D eigenvalue weighted by Crippen LogP contribution is -2.34. The molecule has 0 unspecified atom stereocenters. The first-order valence-corrected chi connectivity index (χ1v) is 15.5. The van der Waals surface area contributed by atoms with Gasteiger partial charge in [-0.05, 0) is 48.6 Å². The van der Waals surface area contributed by atoms with Crippen LogP contribution in [0.15, 0.2) is 59.8 Å². The number of Topliss-reactive ketones (excluding diaryl/α,β-unsaturated/α-hetero) is 2. The van der Waals surface area contributed by atoms with Gasteiger partial charge in [0.2, 0.25) is 0 Å². The highest BCUT2D eigenvalue weighted by Crippen LogP contribution is 2.52. The SMILES string of the molecule is NCC(=O)c1cnc(CC2(c3cccs3)CC2)nc1.O=C(CNC(=O)C(F)F)c1cnc(CC2(c3cccs3)CC2)nc1. The topological polar surface area (TPSA) is 141 Å². The molecule has 43 heavy (non-hydrogen) atoms. The molecule has 0 radical (unpaired) electrons. The molecule has 2 fully saturated rings. The van der Waals surface area contributed by atoms with Crippen molar-refractivity contribution in [2.75, 3.05) is 13.1 Å². The van der Waals surface area contributed by atoms with E-state index in [-0.39, 0.29) is 28.7 Å². The Bertz CT molecular complexity index is 1540. The Labute approximate surface area is 255 Å². The highest BCUT2D eigenvalue weighted by molar-refractivity contribution is 7.10. The summed E-state index contributed by atoms with van der Waals surface area (Å²) in [4.78, 5) is 53.8. The molecule has 0 bridgehead atoms. The lowest BCUT2D eigenvalue weighted by Gasteiger charge is -2.12. The third-order valence-corrected chi connectivity index (χ3v) is 9.88. The van der Waals surface area contributed by atoms with Crippen LogP contribution in [0.1, 0.15) is 67.8 Å². The normalized spacial score (nSPS) is 15.7. The van der Waals surface area contributed by atoms with Crippen LogP contribution in [0.5, 0.6) is 0 Å². The Morgan fingerprint density at radius 1 is 0.791 bits per heavy atom. The number of hydrogen-bond donors (Lipinski definition) is 2. The van der Waals surface area contributed by atoms with Gasteiger partial charge in [0.1, 0.15) is 11.6 Å². The first-order valence-electron chi connectivity index (χ1n) is 13.8. The Kier molecular flexibility index (Phi) is 9.43. The Morgan fingerprint density at radius 2 is 1.23 bits per heavy atom. The maximum Gasteiger partial charge on any atom is 0.315 e. The number of amides is 1. The first kappa shape index (κ1) is 30.6. The maximum absolute atomic E-state index is 12.1. The molecule has 0 atom stereocenters. The van der Waals surface area contributed by atoms with Crippen molar-refractivity contribution >= 4 is 40.1 Å². The second-order valence-corrected chi connectivity index (χ2v) is 12.6. The number of hydrogen-bond acceptors (Lipinski definition) is 10. The molecule has 2 saturated carbocycles. The summed E-state index contributed by atoms with van der Waals surface area (Å²) >= 11 is 3.52. The van der Waals surface area contributed by atoms with Gasteiger partial charge in [0, 0.05) is 58.2 Å². The van der Waals surface area contributed by atoms with Crippen LogP contribution in [0.25, 0.3) is 0 Å². The summed E-state index contributed by atoms with van der Waals surface area (Å²) in [5.41, 5.74) is 6.36. The lowest BCUT2D eigenvalue weighted by atomic mass is 10.00. The fourth-order valence-electron chi connectivity index (χ4n) is 4.73. The molecule has 2 aliphatic carbocycles. The number of thiophene rings is 2. The predicted octanol–water partition coefficient (Wildman–Crippen LogP) is 4.33. The number of nitrogens with two attached hydrogens (primary N) is 1. The number of nitrogens with zero attached hydrogens (tertiary/aromatic N) is 4. The number of nitrogens with one attached hydrogen (secondary N) is 1. The molecule has 2 aliphatic rings. The maximum atomic E-state index is 12.1. The van der Waals surface area contributed by atoms with Gasteiger partial charge in [-0.15, -0.1) is 22.7 Å². The van der Waals surface area contributed by atoms with Gasteiger partial charge in [0.25, 0.3) is 5.91 Å². The Hall–Kier alpha value is -3.81. The van der Waals surface area contributed by atoms with Gasteiger partial charge in [-0.25, -0.2) is 19.9 Å². The van der Waals surface area contributed by atoms with E-state index in [9.17, 15) is 23.2 Å². The van der Waals surface area contributed by atoms with E-state index in [1.54, 1.807) is 35.1 Å². The molecule has 9 nitrogen and oxygen atoms in total. The number of carbonyl (C=O) groups is 3. The van der Waals surface area contributed by atoms with Gasteiger partial charge < -0.3 is 11.1 Å². The molecule has 1 amide bonds. The molecule has 4 aromatic rings. The molecule has 13 heteroatoms. The highest BCUT2D eigenvalue weighted by Gasteiger charge is 2.46. The van der Waals surface area contributed by atoms with Crippen molar-refractivity contribution in [2.24, 2.45) is 5.73 Å². The fourth-order valence-corrected chi connectivity index (χ4v) is 6.71. The van der Waals surface area contributed by atoms with Crippen LogP contribution in [0.3, 0.4) is 0 Å². The Morgan fingerprint density at radius 3 is 1.58 bits per heavy atom. The average Bonchev–Trinajstić information content (AvgIpc) is 3.80. The molecule has 4 heterocycles. The molecule has 0 spiro atoms. The summed E-state index contributed by atoms with van der Waals surface area (Å²) in [6.45, 7) is -0.493. The van der Waals surface area contributed by atoms with Gasteiger partial charge in [-0.1, -0.05) is 12.1 Å². The quantitative estimate of drug-likeness (QED) is 0.222. The third kappa shape index (κ3) is 7.59. The minimum absolute atomic E-state index is 0.00182. The average molecular weight is 625 g/mol. The monoisotopic (exact) mass is 624 g/mol. The second-order valence-electron chi connectivity index (χ2n) is 10.7. The predicted molar refractivity (Wildman–Crippen MR) is 159 cm³/mol. The van der Waals surface area contributed by atoms with Crippen molar-refractivity contribution in [1.82, 2.24) is 25.3 Å². The summed E-state index contributed by atoms with van der Waals surface area (Å²) < 4.78 is 24.1. The number of alkyl halides is 2. The van der Waals surface area contributed by atoms with E-state index < -0.39 is 24.7 Å². The number of halogens is 2. The smallest absolute Gasteiger partial charge is 0.315 e. The van der Waals surface area contributed by atoms with Gasteiger partial charge in [0.05, 0.1) is 24.2 Å². The minimum atomic E-state index is -3.14. The number of carbonyl (C=O) groups excluding carboxylic acids is 3. The van der Waals surface area contributed by atoms with Crippen molar-refractivity contribution in [3.8, 4) is 0 Å².